The molecule has 1 fully saturated rings. The van der Waals surface area contributed by atoms with Crippen molar-refractivity contribution in [1.29, 1.82) is 0 Å². The molecule has 0 bridgehead atoms. The molecular weight excluding hydrogens is 420 g/mol. The molecule has 1 aliphatic heterocycles. The van der Waals surface area contributed by atoms with Crippen LogP contribution in [0.4, 0.5) is 5.82 Å². The number of thiophene rings is 1. The molecule has 0 aromatic carbocycles. The van der Waals surface area contributed by atoms with Crippen LogP contribution in [0, 0.1) is 5.41 Å². The van der Waals surface area contributed by atoms with Crippen molar-refractivity contribution in [2.75, 3.05) is 24.3 Å². The minimum atomic E-state index is -2.43. The second-order valence-corrected chi connectivity index (χ2v) is 10.8. The molecule has 0 spiro atoms. The molecule has 10 heteroatoms. The van der Waals surface area contributed by atoms with Crippen molar-refractivity contribution < 1.29 is 13.2 Å². The Labute approximate surface area is 175 Å². The number of nitrogens with zero attached hydrogens (tertiary/aromatic N) is 3. The van der Waals surface area contributed by atoms with E-state index in [4.69, 9.17) is 11.6 Å². The number of nitrogens with one attached hydrogen (secondary N) is 1. The molecule has 0 radical (unpaired) electrons. The van der Waals surface area contributed by atoms with Gasteiger partial charge >= 0.3 is 0 Å². The Kier molecular flexibility index (Phi) is 6.48. The molecule has 0 aliphatic carbocycles. The largest absolute Gasteiger partial charge is 0.365 e. The fourth-order valence-corrected chi connectivity index (χ4v) is 4.80. The molecule has 1 unspecified atom stereocenters. The number of hydrogen-bond acceptors (Lipinski definition) is 7. The highest BCUT2D eigenvalue weighted by Crippen LogP contribution is 2.30. The highest BCUT2D eigenvalue weighted by Gasteiger charge is 2.31. The smallest absolute Gasteiger partial charge is 0.254 e. The Bertz CT molecular complexity index is 922. The summed E-state index contributed by atoms with van der Waals surface area (Å²) in [6.45, 7) is 7.48. The number of rotatable bonds is 6. The highest BCUT2D eigenvalue weighted by molar-refractivity contribution is 7.72. The number of thiol groups is 1. The molecule has 2 aromatic rings. The first-order chi connectivity index (χ1) is 13.1. The van der Waals surface area contributed by atoms with Crippen molar-refractivity contribution in [3.05, 3.63) is 33.1 Å². The van der Waals surface area contributed by atoms with Crippen molar-refractivity contribution in [2.24, 2.45) is 5.41 Å². The first-order valence-corrected chi connectivity index (χ1v) is 11.7. The third-order valence-electron chi connectivity index (χ3n) is 4.64. The van der Waals surface area contributed by atoms with Gasteiger partial charge in [0.15, 0.2) is 10.7 Å². The van der Waals surface area contributed by atoms with E-state index in [1.54, 1.807) is 0 Å². The molecular formula is C18H25ClN4O3S2. The van der Waals surface area contributed by atoms with Crippen molar-refractivity contribution in [3.63, 3.8) is 0 Å². The average molecular weight is 445 g/mol. The monoisotopic (exact) mass is 444 g/mol. The van der Waals surface area contributed by atoms with E-state index in [1.807, 2.05) is 43.9 Å². The number of aromatic nitrogens is 2. The second kappa shape index (κ2) is 8.52. The molecule has 1 N–H and O–H groups in total. The fourth-order valence-electron chi connectivity index (χ4n) is 3.19. The van der Waals surface area contributed by atoms with E-state index in [2.05, 4.69) is 10.4 Å². The van der Waals surface area contributed by atoms with Gasteiger partial charge in [0.25, 0.3) is 5.91 Å². The van der Waals surface area contributed by atoms with Gasteiger partial charge in [0, 0.05) is 28.8 Å². The summed E-state index contributed by atoms with van der Waals surface area (Å²) in [7, 11) is -2.43. The van der Waals surface area contributed by atoms with Gasteiger partial charge in [-0.3, -0.25) is 9.69 Å². The Morgan fingerprint density at radius 3 is 2.75 bits per heavy atom. The lowest BCUT2D eigenvalue weighted by molar-refractivity contribution is 0.0751. The lowest BCUT2D eigenvalue weighted by Gasteiger charge is -2.18. The first-order valence-electron chi connectivity index (χ1n) is 9.10. The zero-order valence-electron chi connectivity index (χ0n) is 16.1. The van der Waals surface area contributed by atoms with Crippen LogP contribution in [0.15, 0.2) is 18.2 Å². The van der Waals surface area contributed by atoms with E-state index < -0.39 is 16.1 Å². The topological polar surface area (TPSA) is 84.3 Å². The molecule has 0 saturated carbocycles. The summed E-state index contributed by atoms with van der Waals surface area (Å²) < 4.78 is 24.1. The second-order valence-electron chi connectivity index (χ2n) is 8.02. The maximum Gasteiger partial charge on any atom is 0.254 e. The van der Waals surface area contributed by atoms with Crippen LogP contribution in [0.2, 0.25) is 4.34 Å². The number of likely N-dealkylation sites (tertiary alicyclic amines) is 1. The summed E-state index contributed by atoms with van der Waals surface area (Å²) in [6.07, 6.45) is 0.823. The van der Waals surface area contributed by atoms with E-state index in [-0.39, 0.29) is 17.7 Å². The number of carbonyl (C=O) groups excluding carboxylic acids is 1. The SMILES string of the molecule is CC(C)(C)C(=O)n1nc(C2CCN(C[SH](=O)=O)C2)cc1NCc1ccc(Cl)s1. The molecule has 0 amide bonds. The molecule has 28 heavy (non-hydrogen) atoms. The van der Waals surface area contributed by atoms with Gasteiger partial charge in [0.2, 0.25) is 0 Å². The van der Waals surface area contributed by atoms with Crippen LogP contribution in [0.1, 0.15) is 48.5 Å². The summed E-state index contributed by atoms with van der Waals surface area (Å²) >= 11 is 7.48. The van der Waals surface area contributed by atoms with Crippen molar-refractivity contribution in [3.8, 4) is 0 Å². The third kappa shape index (κ3) is 5.14. The standard InChI is InChI=1S/C18H25ClN4O3S2/c1-18(2,3)17(24)23-16(20-9-13-4-5-15(19)27-13)8-14(21-23)12-6-7-22(10-12)11-28(25)26/h4-5,8,12,20,28H,6-7,9-11H2,1-3H3. The van der Waals surface area contributed by atoms with Crippen LogP contribution in [-0.2, 0) is 17.2 Å². The summed E-state index contributed by atoms with van der Waals surface area (Å²) in [5, 5.41) is 7.90. The zero-order chi connectivity index (χ0) is 20.5. The molecule has 1 saturated heterocycles. The third-order valence-corrected chi connectivity index (χ3v) is 6.50. The zero-order valence-corrected chi connectivity index (χ0v) is 18.6. The summed E-state index contributed by atoms with van der Waals surface area (Å²) in [5.41, 5.74) is 0.238. The first kappa shape index (κ1) is 21.3. The van der Waals surface area contributed by atoms with Gasteiger partial charge in [0.05, 0.1) is 22.5 Å². The Morgan fingerprint density at radius 2 is 2.14 bits per heavy atom. The van der Waals surface area contributed by atoms with Crippen LogP contribution in [0.25, 0.3) is 0 Å². The van der Waals surface area contributed by atoms with Crippen LogP contribution < -0.4 is 5.32 Å². The minimum Gasteiger partial charge on any atom is -0.365 e. The van der Waals surface area contributed by atoms with E-state index in [0.29, 0.717) is 25.5 Å². The van der Waals surface area contributed by atoms with E-state index in [9.17, 15) is 13.2 Å². The molecule has 7 nitrogen and oxygen atoms in total. The lowest BCUT2D eigenvalue weighted by Crippen LogP contribution is -2.29. The maximum atomic E-state index is 12.9. The molecule has 3 heterocycles. The van der Waals surface area contributed by atoms with Crippen LogP contribution in [-0.4, -0.2) is 48.0 Å². The van der Waals surface area contributed by atoms with Crippen molar-refractivity contribution in [1.82, 2.24) is 14.7 Å². The Hall–Kier alpha value is -1.42. The number of halogens is 1. The maximum absolute atomic E-state index is 12.9. The summed E-state index contributed by atoms with van der Waals surface area (Å²) in [6, 6.07) is 5.70. The van der Waals surface area contributed by atoms with Crippen LogP contribution in [0.3, 0.4) is 0 Å². The van der Waals surface area contributed by atoms with Gasteiger partial charge in [-0.25, -0.2) is 8.42 Å². The van der Waals surface area contributed by atoms with Crippen molar-refractivity contribution >= 4 is 45.4 Å². The van der Waals surface area contributed by atoms with E-state index in [0.717, 1.165) is 21.3 Å². The van der Waals surface area contributed by atoms with Gasteiger partial charge < -0.3 is 5.32 Å². The lowest BCUT2D eigenvalue weighted by atomic mass is 9.96. The summed E-state index contributed by atoms with van der Waals surface area (Å²) in [5.74, 6) is 0.731. The predicted octanol–water partition coefficient (Wildman–Crippen LogP) is 3.25. The van der Waals surface area contributed by atoms with Crippen LogP contribution >= 0.6 is 22.9 Å². The minimum absolute atomic E-state index is 0.0672. The van der Waals surface area contributed by atoms with E-state index in [1.165, 1.54) is 16.0 Å². The van der Waals surface area contributed by atoms with Gasteiger partial charge in [-0.2, -0.15) is 9.78 Å². The van der Waals surface area contributed by atoms with Gasteiger partial charge in [-0.15, -0.1) is 11.3 Å². The predicted molar refractivity (Wildman–Crippen MR) is 113 cm³/mol. The molecule has 1 atom stereocenters. The quantitative estimate of drug-likeness (QED) is 0.665. The molecule has 3 rings (SSSR count). The molecule has 2 aromatic heterocycles. The molecule has 154 valence electrons. The molecule has 1 aliphatic rings. The normalized spacial score (nSPS) is 18.1. The van der Waals surface area contributed by atoms with Gasteiger partial charge in [-0.1, -0.05) is 32.4 Å². The number of carbonyl (C=O) groups is 1. The Balaban J connectivity index is 1.82. The number of hydrogen-bond donors (Lipinski definition) is 2. The number of anilines is 1. The fraction of sp³-hybridized carbons (Fsp3) is 0.556. The van der Waals surface area contributed by atoms with Gasteiger partial charge in [0.1, 0.15) is 5.82 Å². The van der Waals surface area contributed by atoms with E-state index >= 15 is 0 Å². The van der Waals surface area contributed by atoms with Crippen LogP contribution in [0.5, 0.6) is 0 Å². The van der Waals surface area contributed by atoms with Crippen molar-refractivity contribution in [2.45, 2.75) is 39.7 Å². The van der Waals surface area contributed by atoms with Gasteiger partial charge in [-0.05, 0) is 25.1 Å². The average Bonchev–Trinajstić information content (AvgIpc) is 3.30. The summed E-state index contributed by atoms with van der Waals surface area (Å²) in [4.78, 5) is 15.9. The highest BCUT2D eigenvalue weighted by atomic mass is 35.5. The Morgan fingerprint density at radius 1 is 1.39 bits per heavy atom.